The molecular weight excluding hydrogens is 536 g/mol. The highest BCUT2D eigenvalue weighted by Gasteiger charge is 2.33. The Bertz CT molecular complexity index is 1780. The van der Waals surface area contributed by atoms with Gasteiger partial charge >= 0.3 is 5.97 Å². The molecule has 1 aromatic heterocycles. The lowest BCUT2D eigenvalue weighted by Crippen LogP contribution is -2.39. The summed E-state index contributed by atoms with van der Waals surface area (Å²) in [6.45, 7) is 8.95. The molecule has 0 fully saturated rings. The van der Waals surface area contributed by atoms with Crippen molar-refractivity contribution in [1.29, 1.82) is 0 Å². The Hall–Kier alpha value is -4.17. The number of esters is 1. The molecule has 1 aliphatic rings. The maximum absolute atomic E-state index is 14.2. The van der Waals surface area contributed by atoms with Crippen LogP contribution in [0.4, 0.5) is 0 Å². The summed E-state index contributed by atoms with van der Waals surface area (Å²) in [7, 11) is 0. The number of allylic oxidation sites excluding steroid dienone is 1. The molecule has 5 rings (SSSR count). The monoisotopic (exact) mass is 570 g/mol. The van der Waals surface area contributed by atoms with Gasteiger partial charge in [0.1, 0.15) is 11.5 Å². The number of carbonyl (C=O) groups is 1. The predicted molar refractivity (Wildman–Crippen MR) is 162 cm³/mol. The fraction of sp³-hybridized carbons (Fsp3) is 0.303. The molecule has 0 unspecified atom stereocenters. The second-order valence-corrected chi connectivity index (χ2v) is 10.7. The van der Waals surface area contributed by atoms with Gasteiger partial charge in [0.25, 0.3) is 5.56 Å². The Morgan fingerprint density at radius 2 is 1.78 bits per heavy atom. The topological polar surface area (TPSA) is 79.1 Å². The number of ether oxygens (including phenoxy) is 3. The minimum atomic E-state index is -0.684. The number of hydrogen-bond donors (Lipinski definition) is 0. The third-order valence-corrected chi connectivity index (χ3v) is 7.97. The van der Waals surface area contributed by atoms with Gasteiger partial charge in [-0.1, -0.05) is 67.1 Å². The van der Waals surface area contributed by atoms with E-state index in [0.717, 1.165) is 40.5 Å². The molecule has 0 saturated heterocycles. The van der Waals surface area contributed by atoms with E-state index in [9.17, 15) is 9.59 Å². The number of fused-ring (bicyclic) bond motifs is 2. The highest BCUT2D eigenvalue weighted by molar-refractivity contribution is 7.07. The number of carbonyl (C=O) groups excluding carboxylic acids is 1. The van der Waals surface area contributed by atoms with E-state index < -0.39 is 12.0 Å². The van der Waals surface area contributed by atoms with Crippen LogP contribution in [0.2, 0.25) is 0 Å². The van der Waals surface area contributed by atoms with E-state index in [1.54, 1.807) is 18.4 Å². The smallest absolute Gasteiger partial charge is 0.338 e. The van der Waals surface area contributed by atoms with Crippen LogP contribution in [0.15, 0.2) is 81.7 Å². The summed E-state index contributed by atoms with van der Waals surface area (Å²) >= 11 is 1.30. The zero-order valence-electron chi connectivity index (χ0n) is 23.8. The summed E-state index contributed by atoms with van der Waals surface area (Å²) < 4.78 is 19.3. The molecule has 3 aromatic carbocycles. The normalized spacial score (nSPS) is 15.0. The first-order chi connectivity index (χ1) is 20.0. The molecule has 212 valence electrons. The van der Waals surface area contributed by atoms with Crippen LogP contribution in [0.5, 0.6) is 11.5 Å². The highest BCUT2D eigenvalue weighted by Crippen LogP contribution is 2.32. The van der Waals surface area contributed by atoms with E-state index in [2.05, 4.69) is 6.92 Å². The first kappa shape index (κ1) is 28.4. The largest absolute Gasteiger partial charge is 0.494 e. The van der Waals surface area contributed by atoms with Crippen molar-refractivity contribution in [3.05, 3.63) is 103 Å². The van der Waals surface area contributed by atoms with E-state index in [1.165, 1.54) is 11.3 Å². The van der Waals surface area contributed by atoms with Crippen LogP contribution in [0.25, 0.3) is 16.8 Å². The molecule has 41 heavy (non-hydrogen) atoms. The summed E-state index contributed by atoms with van der Waals surface area (Å²) in [6.07, 6.45) is 3.85. The van der Waals surface area contributed by atoms with Crippen LogP contribution in [-0.4, -0.2) is 30.4 Å². The molecular formula is C33H34N2O5S. The average molecular weight is 571 g/mol. The first-order valence-electron chi connectivity index (χ1n) is 14.0. The van der Waals surface area contributed by atoms with Crippen LogP contribution < -0.4 is 24.4 Å². The number of nitrogens with zero attached hydrogens (tertiary/aromatic N) is 2. The maximum atomic E-state index is 14.2. The molecule has 2 heterocycles. The third kappa shape index (κ3) is 5.70. The standard InChI is InChI=1S/C33H34N2O5S/c1-5-8-19-40-27-18-15-22-11-9-10-12-25(22)26(27)20-28-31(36)35-30(23-13-16-24(17-14-23)38-6-2)29(32(37)39-7-3)21(4)34-33(35)41-28/h9-18,20,30H,5-8,19H2,1-4H3/b28-20+/t30-/m0/s1. The van der Waals surface area contributed by atoms with Gasteiger partial charge < -0.3 is 14.2 Å². The zero-order valence-corrected chi connectivity index (χ0v) is 24.6. The minimum Gasteiger partial charge on any atom is -0.494 e. The highest BCUT2D eigenvalue weighted by atomic mass is 32.1. The van der Waals surface area contributed by atoms with Crippen molar-refractivity contribution in [2.75, 3.05) is 19.8 Å². The molecule has 8 heteroatoms. The van der Waals surface area contributed by atoms with Crippen LogP contribution in [0.1, 0.15) is 57.7 Å². The average Bonchev–Trinajstić information content (AvgIpc) is 3.28. The van der Waals surface area contributed by atoms with Gasteiger partial charge in [0.15, 0.2) is 4.80 Å². The van der Waals surface area contributed by atoms with E-state index in [1.807, 2.05) is 73.7 Å². The van der Waals surface area contributed by atoms with Crippen molar-refractivity contribution in [3.63, 3.8) is 0 Å². The molecule has 0 spiro atoms. The summed E-state index contributed by atoms with van der Waals surface area (Å²) in [4.78, 5) is 32.6. The quantitative estimate of drug-likeness (QED) is 0.185. The van der Waals surface area contributed by atoms with Gasteiger partial charge in [0.2, 0.25) is 0 Å². The number of rotatable bonds is 10. The summed E-state index contributed by atoms with van der Waals surface area (Å²) in [5.74, 6) is 0.964. The fourth-order valence-corrected chi connectivity index (χ4v) is 6.06. The lowest BCUT2D eigenvalue weighted by atomic mass is 9.96. The summed E-state index contributed by atoms with van der Waals surface area (Å²) in [5, 5.41) is 2.06. The molecule has 0 saturated carbocycles. The van der Waals surface area contributed by atoms with Crippen molar-refractivity contribution in [3.8, 4) is 11.5 Å². The van der Waals surface area contributed by atoms with Gasteiger partial charge in [-0.05, 0) is 67.8 Å². The Labute approximate surface area is 243 Å². The third-order valence-electron chi connectivity index (χ3n) is 6.99. The van der Waals surface area contributed by atoms with Gasteiger partial charge in [0, 0.05) is 5.56 Å². The van der Waals surface area contributed by atoms with Gasteiger partial charge in [-0.25, -0.2) is 9.79 Å². The van der Waals surface area contributed by atoms with Crippen LogP contribution in [0, 0.1) is 0 Å². The van der Waals surface area contributed by atoms with E-state index in [-0.39, 0.29) is 12.2 Å². The molecule has 1 aliphatic heterocycles. The SMILES string of the molecule is CCCCOc1ccc2ccccc2c1/C=c1/sc2n(c1=O)[C@@H](c1ccc(OCC)cc1)C(C(=O)OCC)=C(C)N=2. The fourth-order valence-electron chi connectivity index (χ4n) is 5.03. The van der Waals surface area contributed by atoms with Gasteiger partial charge in [-0.2, -0.15) is 0 Å². The summed E-state index contributed by atoms with van der Waals surface area (Å²) in [6, 6.07) is 18.9. The number of thiazole rings is 1. The van der Waals surface area contributed by atoms with Crippen molar-refractivity contribution in [2.24, 2.45) is 4.99 Å². The molecule has 0 N–H and O–H groups in total. The minimum absolute atomic E-state index is 0.220. The molecule has 1 atom stereocenters. The lowest BCUT2D eigenvalue weighted by molar-refractivity contribution is -0.139. The van der Waals surface area contributed by atoms with Crippen molar-refractivity contribution in [2.45, 2.75) is 46.6 Å². The number of unbranched alkanes of at least 4 members (excludes halogenated alkanes) is 1. The molecule has 7 nitrogen and oxygen atoms in total. The summed E-state index contributed by atoms with van der Waals surface area (Å²) in [5.41, 5.74) is 2.28. The Kier molecular flexibility index (Phi) is 8.69. The van der Waals surface area contributed by atoms with Gasteiger partial charge in [0.05, 0.1) is 41.7 Å². The Morgan fingerprint density at radius 3 is 2.51 bits per heavy atom. The van der Waals surface area contributed by atoms with E-state index in [0.29, 0.717) is 39.6 Å². The molecule has 0 bridgehead atoms. The van der Waals surface area contributed by atoms with Gasteiger partial charge in [-0.15, -0.1) is 0 Å². The molecule has 0 amide bonds. The molecule has 0 radical (unpaired) electrons. The number of aromatic nitrogens is 1. The van der Waals surface area contributed by atoms with Crippen LogP contribution >= 0.6 is 11.3 Å². The number of hydrogen-bond acceptors (Lipinski definition) is 7. The second-order valence-electron chi connectivity index (χ2n) is 9.70. The first-order valence-corrected chi connectivity index (χ1v) is 14.8. The predicted octanol–water partition coefficient (Wildman–Crippen LogP) is 5.53. The second kappa shape index (κ2) is 12.6. The van der Waals surface area contributed by atoms with Crippen LogP contribution in [-0.2, 0) is 9.53 Å². The van der Waals surface area contributed by atoms with Crippen molar-refractivity contribution >= 4 is 34.2 Å². The molecule has 4 aromatic rings. The van der Waals surface area contributed by atoms with E-state index >= 15 is 0 Å². The van der Waals surface area contributed by atoms with Crippen molar-refractivity contribution < 1.29 is 19.0 Å². The Morgan fingerprint density at radius 1 is 1.00 bits per heavy atom. The van der Waals surface area contributed by atoms with Gasteiger partial charge in [-0.3, -0.25) is 9.36 Å². The van der Waals surface area contributed by atoms with E-state index in [4.69, 9.17) is 19.2 Å². The van der Waals surface area contributed by atoms with Crippen LogP contribution in [0.3, 0.4) is 0 Å². The maximum Gasteiger partial charge on any atom is 0.338 e. The molecule has 0 aliphatic carbocycles. The zero-order chi connectivity index (χ0) is 28.9. The lowest BCUT2D eigenvalue weighted by Gasteiger charge is -2.24. The number of benzene rings is 3. The Balaban J connectivity index is 1.71. The van der Waals surface area contributed by atoms with Crippen molar-refractivity contribution in [1.82, 2.24) is 4.57 Å².